The molecule has 4 aliphatic rings. The molecule has 0 radical (unpaired) electrons. The van der Waals surface area contributed by atoms with Gasteiger partial charge in [0.25, 0.3) is 0 Å². The molecule has 4 saturated carbocycles. The van der Waals surface area contributed by atoms with Crippen LogP contribution in [0.15, 0.2) is 12.2 Å². The summed E-state index contributed by atoms with van der Waals surface area (Å²) in [6.45, 7) is 15.2. The smallest absolute Gasteiger partial charge is 0.193 e. The predicted molar refractivity (Wildman–Crippen MR) is 93.8 cm³/mol. The van der Waals surface area contributed by atoms with E-state index in [1.807, 2.05) is 0 Å². The first-order valence-corrected chi connectivity index (χ1v) is 11.8. The summed E-state index contributed by atoms with van der Waals surface area (Å²) in [7, 11) is -2.09. The van der Waals surface area contributed by atoms with Gasteiger partial charge in [-0.15, -0.1) is 0 Å². The number of ketones is 2. The second kappa shape index (κ2) is 4.88. The van der Waals surface area contributed by atoms with Gasteiger partial charge >= 0.3 is 0 Å². The van der Waals surface area contributed by atoms with Crippen molar-refractivity contribution >= 4 is 19.9 Å². The van der Waals surface area contributed by atoms with Crippen LogP contribution in [0.5, 0.6) is 0 Å². The SMILES string of the molecule is C=C1CC23CC(=O)C1(O[Si](C)(C)C(C)(C)C)CC2CCCC3=O. The molecular weight excluding hydrogens is 304 g/mol. The highest BCUT2D eigenvalue weighted by Crippen LogP contribution is 2.62. The average molecular weight is 335 g/mol. The molecule has 3 unspecified atom stereocenters. The van der Waals surface area contributed by atoms with Crippen LogP contribution in [0.1, 0.15) is 59.3 Å². The Morgan fingerprint density at radius 1 is 1.17 bits per heavy atom. The molecule has 4 rings (SSSR count). The Labute approximate surface area is 141 Å². The molecule has 0 aromatic heterocycles. The van der Waals surface area contributed by atoms with Crippen LogP contribution in [0.3, 0.4) is 0 Å². The number of carbonyl (C=O) groups excluding carboxylic acids is 2. The zero-order chi connectivity index (χ0) is 17.3. The lowest BCUT2D eigenvalue weighted by atomic mass is 9.47. The summed E-state index contributed by atoms with van der Waals surface area (Å²) >= 11 is 0. The van der Waals surface area contributed by atoms with E-state index in [2.05, 4.69) is 40.4 Å². The lowest BCUT2D eigenvalue weighted by Crippen LogP contribution is -2.66. The van der Waals surface area contributed by atoms with Crippen LogP contribution in [0.4, 0.5) is 0 Å². The molecule has 0 aliphatic heterocycles. The van der Waals surface area contributed by atoms with Gasteiger partial charge in [-0.3, -0.25) is 9.59 Å². The Bertz CT molecular complexity index is 564. The minimum absolute atomic E-state index is 0.0523. The Balaban J connectivity index is 1.99. The Morgan fingerprint density at radius 2 is 1.83 bits per heavy atom. The van der Waals surface area contributed by atoms with Gasteiger partial charge in [-0.2, -0.15) is 0 Å². The van der Waals surface area contributed by atoms with Crippen molar-refractivity contribution in [3.63, 3.8) is 0 Å². The fraction of sp³-hybridized carbons (Fsp3) is 0.789. The van der Waals surface area contributed by atoms with E-state index in [4.69, 9.17) is 4.43 Å². The maximum absolute atomic E-state index is 13.1. The summed E-state index contributed by atoms with van der Waals surface area (Å²) in [4.78, 5) is 25.7. The van der Waals surface area contributed by atoms with Crippen LogP contribution in [-0.4, -0.2) is 25.5 Å². The van der Waals surface area contributed by atoms with Gasteiger partial charge in [0, 0.05) is 18.3 Å². The third-order valence-electron chi connectivity index (χ3n) is 7.09. The zero-order valence-electron chi connectivity index (χ0n) is 15.3. The van der Waals surface area contributed by atoms with E-state index in [9.17, 15) is 9.59 Å². The van der Waals surface area contributed by atoms with Crippen LogP contribution in [-0.2, 0) is 14.0 Å². The Morgan fingerprint density at radius 3 is 2.39 bits per heavy atom. The summed E-state index contributed by atoms with van der Waals surface area (Å²) < 4.78 is 6.70. The van der Waals surface area contributed by atoms with Gasteiger partial charge in [0.1, 0.15) is 11.4 Å². The standard InChI is InChI=1S/C19H30O3Si/c1-13-10-18-12-16(21)19(13,22-23(5,6)17(2,3)4)11-14(18)8-7-9-15(18)20/h14H,1,7-12H2,2-6H3. The minimum atomic E-state index is -2.09. The quantitative estimate of drug-likeness (QED) is 0.554. The molecular formula is C19H30O3Si. The molecule has 0 N–H and O–H groups in total. The second-order valence-electron chi connectivity index (χ2n) is 9.44. The van der Waals surface area contributed by atoms with Crippen molar-refractivity contribution in [2.45, 2.75) is 83.0 Å². The topological polar surface area (TPSA) is 43.4 Å². The van der Waals surface area contributed by atoms with E-state index in [-0.39, 0.29) is 10.8 Å². The largest absolute Gasteiger partial charge is 0.401 e. The molecule has 0 aromatic rings. The van der Waals surface area contributed by atoms with Crippen molar-refractivity contribution in [2.24, 2.45) is 11.3 Å². The maximum atomic E-state index is 13.1. The summed E-state index contributed by atoms with van der Waals surface area (Å²) in [5.74, 6) is 0.714. The van der Waals surface area contributed by atoms with E-state index >= 15 is 0 Å². The molecule has 128 valence electrons. The predicted octanol–water partition coefficient (Wildman–Crippen LogP) is 4.43. The highest BCUT2D eigenvalue weighted by molar-refractivity contribution is 6.74. The fourth-order valence-electron chi connectivity index (χ4n) is 4.62. The van der Waals surface area contributed by atoms with Crippen LogP contribution in [0.25, 0.3) is 0 Å². The zero-order valence-corrected chi connectivity index (χ0v) is 16.3. The van der Waals surface area contributed by atoms with Crippen molar-refractivity contribution in [2.75, 3.05) is 0 Å². The maximum Gasteiger partial charge on any atom is 0.193 e. The first kappa shape index (κ1) is 17.1. The summed E-state index contributed by atoms with van der Waals surface area (Å²) in [6.07, 6.45) is 4.37. The number of fused-ring (bicyclic) bond motifs is 2. The molecule has 4 aliphatic carbocycles. The molecule has 0 amide bonds. The van der Waals surface area contributed by atoms with Gasteiger partial charge in [-0.05, 0) is 55.3 Å². The normalized spacial score (nSPS) is 38.0. The van der Waals surface area contributed by atoms with Crippen LogP contribution >= 0.6 is 0 Å². The minimum Gasteiger partial charge on any atom is -0.401 e. The molecule has 4 fully saturated rings. The number of Topliss-reactive ketones (excluding diaryl/α,β-unsaturated/α-hetero) is 2. The summed E-state index contributed by atoms with van der Waals surface area (Å²) in [5.41, 5.74) is -0.386. The monoisotopic (exact) mass is 334 g/mol. The van der Waals surface area contributed by atoms with Gasteiger partial charge in [0.15, 0.2) is 14.1 Å². The Hall–Kier alpha value is -0.743. The summed E-state index contributed by atoms with van der Waals surface area (Å²) in [5, 5.41) is 0.0523. The van der Waals surface area contributed by atoms with Crippen molar-refractivity contribution in [3.8, 4) is 0 Å². The molecule has 1 spiro atoms. The lowest BCUT2D eigenvalue weighted by Gasteiger charge is -2.60. The van der Waals surface area contributed by atoms with Crippen molar-refractivity contribution in [1.29, 1.82) is 0 Å². The van der Waals surface area contributed by atoms with Crippen LogP contribution < -0.4 is 0 Å². The number of hydrogen-bond acceptors (Lipinski definition) is 3. The second-order valence-corrected chi connectivity index (χ2v) is 14.2. The molecule has 3 nitrogen and oxygen atoms in total. The van der Waals surface area contributed by atoms with Crippen LogP contribution in [0.2, 0.25) is 18.1 Å². The van der Waals surface area contributed by atoms with Crippen molar-refractivity contribution < 1.29 is 14.0 Å². The summed E-state index contributed by atoms with van der Waals surface area (Å²) in [6, 6.07) is 0. The number of rotatable bonds is 2. The van der Waals surface area contributed by atoms with E-state index in [0.29, 0.717) is 37.4 Å². The first-order chi connectivity index (χ1) is 10.4. The lowest BCUT2D eigenvalue weighted by molar-refractivity contribution is -0.165. The average Bonchev–Trinajstić information content (AvgIpc) is 2.39. The third-order valence-corrected chi connectivity index (χ3v) is 11.6. The molecule has 23 heavy (non-hydrogen) atoms. The highest BCUT2D eigenvalue weighted by atomic mass is 28.4. The van der Waals surface area contributed by atoms with E-state index in [1.54, 1.807) is 0 Å². The van der Waals surface area contributed by atoms with Crippen LogP contribution in [0, 0.1) is 11.3 Å². The van der Waals surface area contributed by atoms with Gasteiger partial charge in [0.2, 0.25) is 0 Å². The van der Waals surface area contributed by atoms with E-state index in [0.717, 1.165) is 18.4 Å². The van der Waals surface area contributed by atoms with Gasteiger partial charge < -0.3 is 4.43 Å². The van der Waals surface area contributed by atoms with Crippen molar-refractivity contribution in [3.05, 3.63) is 12.2 Å². The van der Waals surface area contributed by atoms with Crippen molar-refractivity contribution in [1.82, 2.24) is 0 Å². The van der Waals surface area contributed by atoms with Gasteiger partial charge in [-0.25, -0.2) is 0 Å². The molecule has 2 bridgehead atoms. The molecule has 0 aromatic carbocycles. The Kier molecular flexibility index (Phi) is 3.63. The molecule has 4 heteroatoms. The number of hydrogen-bond donors (Lipinski definition) is 0. The first-order valence-electron chi connectivity index (χ1n) is 8.90. The third kappa shape index (κ3) is 2.24. The van der Waals surface area contributed by atoms with Gasteiger partial charge in [-0.1, -0.05) is 27.4 Å². The molecule has 0 heterocycles. The fourth-order valence-corrected chi connectivity index (χ4v) is 6.14. The van der Waals surface area contributed by atoms with Gasteiger partial charge in [0.05, 0.1) is 0 Å². The molecule has 3 atom stereocenters. The molecule has 0 saturated heterocycles. The number of carbonyl (C=O) groups is 2. The highest BCUT2D eigenvalue weighted by Gasteiger charge is 2.66. The van der Waals surface area contributed by atoms with E-state index < -0.39 is 19.3 Å². The van der Waals surface area contributed by atoms with E-state index in [1.165, 1.54) is 0 Å².